The van der Waals surface area contributed by atoms with Crippen molar-refractivity contribution in [2.45, 2.75) is 6.92 Å². The molecule has 0 saturated carbocycles. The summed E-state index contributed by atoms with van der Waals surface area (Å²) in [5, 5.41) is 3.05. The number of carbonyl (C=O) groups excluding carboxylic acids is 1. The Morgan fingerprint density at radius 2 is 2.00 bits per heavy atom. The van der Waals surface area contributed by atoms with E-state index in [2.05, 4.69) is 9.50 Å². The molecule has 1 amide bonds. The highest BCUT2D eigenvalue weighted by Gasteiger charge is 2.22. The van der Waals surface area contributed by atoms with Crippen LogP contribution in [0.25, 0.3) is 0 Å². The summed E-state index contributed by atoms with van der Waals surface area (Å²) in [6.45, 7) is 3.74. The average molecular weight is 222 g/mol. The third-order valence-corrected chi connectivity index (χ3v) is 3.03. The van der Waals surface area contributed by atoms with Crippen LogP contribution >= 0.6 is 0 Å². The number of carbonyl (C=O) groups is 1. The van der Waals surface area contributed by atoms with E-state index in [4.69, 9.17) is 0 Å². The predicted octanol–water partition coefficient (Wildman–Crippen LogP) is -0.622. The Hall–Kier alpha value is -0.820. The molecule has 1 rings (SSSR count). The van der Waals surface area contributed by atoms with Crippen molar-refractivity contribution in [2.75, 3.05) is 31.9 Å². The van der Waals surface area contributed by atoms with Gasteiger partial charge in [-0.25, -0.2) is 4.79 Å². The molecule has 0 aliphatic carbocycles. The summed E-state index contributed by atoms with van der Waals surface area (Å²) < 4.78 is 26.3. The van der Waals surface area contributed by atoms with Gasteiger partial charge in [-0.05, 0) is 6.92 Å². The standard InChI is InChI=1S/C7H14N2O4S/c1-2-14(11,12)13-7(10)9-5-3-8-4-6-9/h8H,2-6H2,1H3. The minimum absolute atomic E-state index is 0.190. The zero-order chi connectivity index (χ0) is 10.6. The monoisotopic (exact) mass is 222 g/mol. The van der Waals surface area contributed by atoms with Crippen LogP contribution in [-0.2, 0) is 14.3 Å². The zero-order valence-electron chi connectivity index (χ0n) is 8.02. The van der Waals surface area contributed by atoms with E-state index in [1.807, 2.05) is 0 Å². The van der Waals surface area contributed by atoms with Gasteiger partial charge in [0.15, 0.2) is 0 Å². The van der Waals surface area contributed by atoms with Crippen LogP contribution in [-0.4, -0.2) is 51.3 Å². The number of piperazine rings is 1. The van der Waals surface area contributed by atoms with Gasteiger partial charge in [-0.1, -0.05) is 0 Å². The largest absolute Gasteiger partial charge is 0.425 e. The molecule has 0 aromatic heterocycles. The Balaban J connectivity index is 2.49. The second-order valence-electron chi connectivity index (χ2n) is 2.93. The van der Waals surface area contributed by atoms with Gasteiger partial charge < -0.3 is 14.4 Å². The van der Waals surface area contributed by atoms with Gasteiger partial charge in [0.2, 0.25) is 0 Å². The van der Waals surface area contributed by atoms with Crippen molar-refractivity contribution in [1.82, 2.24) is 10.2 Å². The molecule has 0 aromatic rings. The fourth-order valence-electron chi connectivity index (χ4n) is 1.07. The summed E-state index contributed by atoms with van der Waals surface area (Å²) in [6, 6.07) is 0. The topological polar surface area (TPSA) is 75.7 Å². The minimum Gasteiger partial charge on any atom is -0.328 e. The molecule has 14 heavy (non-hydrogen) atoms. The van der Waals surface area contributed by atoms with Crippen LogP contribution in [0.15, 0.2) is 0 Å². The maximum atomic E-state index is 11.3. The summed E-state index contributed by atoms with van der Waals surface area (Å²) in [6.07, 6.45) is -0.770. The van der Waals surface area contributed by atoms with E-state index in [0.29, 0.717) is 26.2 Å². The molecule has 82 valence electrons. The quantitative estimate of drug-likeness (QED) is 0.630. The van der Waals surface area contributed by atoms with E-state index in [1.165, 1.54) is 11.8 Å². The highest BCUT2D eigenvalue weighted by atomic mass is 32.2. The molecule has 1 heterocycles. The summed E-state index contributed by atoms with van der Waals surface area (Å²) in [4.78, 5) is 12.6. The van der Waals surface area contributed by atoms with E-state index in [-0.39, 0.29) is 5.75 Å². The Morgan fingerprint density at radius 3 is 2.50 bits per heavy atom. The summed E-state index contributed by atoms with van der Waals surface area (Å²) in [7, 11) is -3.68. The van der Waals surface area contributed by atoms with Gasteiger partial charge in [0.25, 0.3) is 0 Å². The van der Waals surface area contributed by atoms with Gasteiger partial charge in [-0.2, -0.15) is 8.42 Å². The van der Waals surface area contributed by atoms with E-state index < -0.39 is 16.2 Å². The molecule has 1 aliphatic rings. The molecule has 1 aliphatic heterocycles. The van der Waals surface area contributed by atoms with Crippen molar-refractivity contribution in [2.24, 2.45) is 0 Å². The second kappa shape index (κ2) is 4.61. The van der Waals surface area contributed by atoms with Gasteiger partial charge in [0, 0.05) is 26.2 Å². The normalized spacial score (nSPS) is 17.9. The fraction of sp³-hybridized carbons (Fsp3) is 0.857. The molecule has 1 saturated heterocycles. The van der Waals surface area contributed by atoms with Gasteiger partial charge in [-0.3, -0.25) is 0 Å². The molecule has 1 N–H and O–H groups in total. The van der Waals surface area contributed by atoms with Crippen LogP contribution < -0.4 is 5.32 Å². The van der Waals surface area contributed by atoms with Crippen LogP contribution in [0.2, 0.25) is 0 Å². The van der Waals surface area contributed by atoms with Gasteiger partial charge in [-0.15, -0.1) is 0 Å². The maximum Gasteiger partial charge on any atom is 0.425 e. The molecule has 0 spiro atoms. The number of nitrogens with zero attached hydrogens (tertiary/aromatic N) is 1. The minimum atomic E-state index is -3.68. The lowest BCUT2D eigenvalue weighted by Gasteiger charge is -2.25. The Kier molecular flexibility index (Phi) is 3.70. The average Bonchev–Trinajstić information content (AvgIpc) is 2.19. The molecule has 7 heteroatoms. The smallest absolute Gasteiger partial charge is 0.328 e. The first-order chi connectivity index (χ1) is 6.55. The molecular formula is C7H14N2O4S. The lowest BCUT2D eigenvalue weighted by atomic mass is 10.4. The van der Waals surface area contributed by atoms with Gasteiger partial charge in [0.1, 0.15) is 0 Å². The first-order valence-corrected chi connectivity index (χ1v) is 6.04. The third-order valence-electron chi connectivity index (χ3n) is 1.93. The Bertz CT molecular complexity index is 295. The molecule has 0 radical (unpaired) electrons. The molecular weight excluding hydrogens is 208 g/mol. The molecule has 0 atom stereocenters. The summed E-state index contributed by atoms with van der Waals surface area (Å²) in [5.41, 5.74) is 0. The number of amides is 1. The number of rotatable bonds is 2. The molecule has 0 aromatic carbocycles. The molecule has 6 nitrogen and oxygen atoms in total. The second-order valence-corrected chi connectivity index (χ2v) is 4.79. The van der Waals surface area contributed by atoms with Crippen molar-refractivity contribution in [3.05, 3.63) is 0 Å². The van der Waals surface area contributed by atoms with Gasteiger partial charge >= 0.3 is 16.2 Å². The Labute approximate surface area is 83.3 Å². The van der Waals surface area contributed by atoms with E-state index in [0.717, 1.165) is 0 Å². The van der Waals surface area contributed by atoms with Crippen molar-refractivity contribution < 1.29 is 17.4 Å². The van der Waals surface area contributed by atoms with E-state index in [9.17, 15) is 13.2 Å². The first-order valence-electron chi connectivity index (χ1n) is 4.47. The summed E-state index contributed by atoms with van der Waals surface area (Å²) >= 11 is 0. The van der Waals surface area contributed by atoms with Crippen LogP contribution in [0.5, 0.6) is 0 Å². The Morgan fingerprint density at radius 1 is 1.43 bits per heavy atom. The highest BCUT2D eigenvalue weighted by Crippen LogP contribution is 2.01. The van der Waals surface area contributed by atoms with Crippen LogP contribution in [0.1, 0.15) is 6.92 Å². The van der Waals surface area contributed by atoms with E-state index in [1.54, 1.807) is 0 Å². The molecule has 1 fully saturated rings. The highest BCUT2D eigenvalue weighted by molar-refractivity contribution is 7.87. The van der Waals surface area contributed by atoms with Crippen LogP contribution in [0.4, 0.5) is 4.79 Å². The van der Waals surface area contributed by atoms with Crippen molar-refractivity contribution in [3.8, 4) is 0 Å². The lowest BCUT2D eigenvalue weighted by molar-refractivity contribution is 0.148. The number of hydrogen-bond acceptors (Lipinski definition) is 5. The van der Waals surface area contributed by atoms with Crippen molar-refractivity contribution in [1.29, 1.82) is 0 Å². The predicted molar refractivity (Wildman–Crippen MR) is 50.4 cm³/mol. The fourth-order valence-corrected chi connectivity index (χ4v) is 1.51. The third kappa shape index (κ3) is 3.15. The maximum absolute atomic E-state index is 11.3. The lowest BCUT2D eigenvalue weighted by Crippen LogP contribution is -2.47. The number of nitrogens with one attached hydrogen (secondary N) is 1. The SMILES string of the molecule is CCS(=O)(=O)OC(=O)N1CCNCC1. The van der Waals surface area contributed by atoms with Crippen LogP contribution in [0, 0.1) is 0 Å². The first kappa shape index (κ1) is 11.3. The van der Waals surface area contributed by atoms with E-state index >= 15 is 0 Å². The van der Waals surface area contributed by atoms with Crippen molar-refractivity contribution >= 4 is 16.2 Å². The van der Waals surface area contributed by atoms with Crippen LogP contribution in [0.3, 0.4) is 0 Å². The van der Waals surface area contributed by atoms with Gasteiger partial charge in [0.05, 0.1) is 5.75 Å². The molecule has 0 unspecified atom stereocenters. The van der Waals surface area contributed by atoms with Crippen molar-refractivity contribution in [3.63, 3.8) is 0 Å². The molecule has 0 bridgehead atoms. The zero-order valence-corrected chi connectivity index (χ0v) is 8.84. The number of hydrogen-bond donors (Lipinski definition) is 1. The summed E-state index contributed by atoms with van der Waals surface area (Å²) in [5.74, 6) is -0.190.